The van der Waals surface area contributed by atoms with Crippen molar-refractivity contribution in [3.8, 4) is 11.3 Å². The Labute approximate surface area is 140 Å². The van der Waals surface area contributed by atoms with E-state index in [1.54, 1.807) is 11.3 Å². The first-order valence-electron chi connectivity index (χ1n) is 7.94. The van der Waals surface area contributed by atoms with E-state index in [9.17, 15) is 4.79 Å². The van der Waals surface area contributed by atoms with Crippen molar-refractivity contribution in [2.45, 2.75) is 32.7 Å². The second-order valence-corrected chi connectivity index (χ2v) is 7.05. The molecule has 1 aliphatic rings. The van der Waals surface area contributed by atoms with E-state index < -0.39 is 0 Å². The van der Waals surface area contributed by atoms with Gasteiger partial charge < -0.3 is 16.0 Å². The van der Waals surface area contributed by atoms with Crippen LogP contribution >= 0.6 is 11.3 Å². The number of benzene rings is 1. The zero-order chi connectivity index (χ0) is 16.2. The highest BCUT2D eigenvalue weighted by molar-refractivity contribution is 7.16. The number of aromatic nitrogens is 1. The van der Waals surface area contributed by atoms with Crippen LogP contribution in [0, 0.1) is 6.92 Å². The lowest BCUT2D eigenvalue weighted by molar-refractivity contribution is -0.114. The summed E-state index contributed by atoms with van der Waals surface area (Å²) in [5.41, 5.74) is 2.90. The van der Waals surface area contributed by atoms with E-state index in [2.05, 4.69) is 22.9 Å². The highest BCUT2D eigenvalue weighted by Gasteiger charge is 2.16. The number of nitrogens with one attached hydrogen (secondary N) is 3. The van der Waals surface area contributed by atoms with Gasteiger partial charge in [-0.15, -0.1) is 11.3 Å². The molecule has 6 heteroatoms. The van der Waals surface area contributed by atoms with Crippen LogP contribution in [-0.2, 0) is 4.79 Å². The summed E-state index contributed by atoms with van der Waals surface area (Å²) in [6.45, 7) is 5.75. The van der Waals surface area contributed by atoms with Gasteiger partial charge >= 0.3 is 0 Å². The van der Waals surface area contributed by atoms with Crippen LogP contribution in [0.15, 0.2) is 24.3 Å². The van der Waals surface area contributed by atoms with E-state index in [0.29, 0.717) is 6.04 Å². The van der Waals surface area contributed by atoms with E-state index in [-0.39, 0.29) is 5.91 Å². The molecule has 0 atom stereocenters. The molecule has 1 saturated heterocycles. The zero-order valence-corrected chi connectivity index (χ0v) is 14.3. The Morgan fingerprint density at radius 1 is 1.26 bits per heavy atom. The largest absolute Gasteiger partial charge is 0.359 e. The molecule has 2 heterocycles. The summed E-state index contributed by atoms with van der Waals surface area (Å²) in [5.74, 6) is -0.0592. The maximum atomic E-state index is 11.1. The molecule has 3 N–H and O–H groups in total. The molecule has 3 rings (SSSR count). The van der Waals surface area contributed by atoms with Crippen molar-refractivity contribution >= 4 is 28.1 Å². The molecular weight excluding hydrogens is 308 g/mol. The molecule has 0 spiro atoms. The Bertz CT molecular complexity index is 674. The Hall–Kier alpha value is -1.92. The fraction of sp³-hybridized carbons (Fsp3) is 0.412. The van der Waals surface area contributed by atoms with Crippen molar-refractivity contribution in [1.82, 2.24) is 10.3 Å². The number of amides is 1. The van der Waals surface area contributed by atoms with Crippen molar-refractivity contribution in [2.75, 3.05) is 23.7 Å². The molecule has 1 aliphatic heterocycles. The first-order chi connectivity index (χ1) is 11.1. The highest BCUT2D eigenvalue weighted by Crippen LogP contribution is 2.31. The number of aryl methyl sites for hydroxylation is 1. The van der Waals surface area contributed by atoms with Crippen molar-refractivity contribution in [3.05, 3.63) is 29.1 Å². The van der Waals surface area contributed by atoms with Gasteiger partial charge in [-0.2, -0.15) is 0 Å². The minimum absolute atomic E-state index is 0.0592. The number of rotatable bonds is 4. The molecule has 2 aromatic rings. The lowest BCUT2D eigenvalue weighted by atomic mass is 10.1. The van der Waals surface area contributed by atoms with Gasteiger partial charge in [0.1, 0.15) is 0 Å². The van der Waals surface area contributed by atoms with Gasteiger partial charge in [0.15, 0.2) is 5.13 Å². The monoisotopic (exact) mass is 330 g/mol. The molecule has 1 fully saturated rings. The second kappa shape index (κ2) is 7.10. The number of nitrogens with zero attached hydrogens (tertiary/aromatic N) is 1. The molecule has 0 aliphatic carbocycles. The zero-order valence-electron chi connectivity index (χ0n) is 13.5. The van der Waals surface area contributed by atoms with Crippen LogP contribution in [0.3, 0.4) is 0 Å². The molecule has 122 valence electrons. The molecule has 1 amide bonds. The van der Waals surface area contributed by atoms with Crippen molar-refractivity contribution in [3.63, 3.8) is 0 Å². The van der Waals surface area contributed by atoms with Gasteiger partial charge in [0.25, 0.3) is 0 Å². The van der Waals surface area contributed by atoms with Crippen molar-refractivity contribution < 1.29 is 4.79 Å². The molecule has 0 unspecified atom stereocenters. The fourth-order valence-electron chi connectivity index (χ4n) is 2.78. The van der Waals surface area contributed by atoms with Crippen LogP contribution in [0.5, 0.6) is 0 Å². The third kappa shape index (κ3) is 4.09. The molecule has 5 nitrogen and oxygen atoms in total. The Morgan fingerprint density at radius 2 is 1.96 bits per heavy atom. The number of piperidine rings is 1. The lowest BCUT2D eigenvalue weighted by Crippen LogP contribution is -2.35. The molecular formula is C17H22N4OS. The quantitative estimate of drug-likeness (QED) is 0.805. The number of carbonyl (C=O) groups excluding carboxylic acids is 1. The second-order valence-electron chi connectivity index (χ2n) is 5.85. The van der Waals surface area contributed by atoms with Crippen LogP contribution in [-0.4, -0.2) is 30.0 Å². The van der Waals surface area contributed by atoms with Crippen LogP contribution in [0.4, 0.5) is 10.8 Å². The summed E-state index contributed by atoms with van der Waals surface area (Å²) in [6, 6.07) is 8.34. The lowest BCUT2D eigenvalue weighted by Gasteiger charge is -2.23. The maximum Gasteiger partial charge on any atom is 0.221 e. The normalized spacial score (nSPS) is 15.4. The standard InChI is InChI=1S/C17H22N4OS/c1-11-16(13-3-5-14(6-4-13)19-12(2)22)21-17(23-11)20-15-7-9-18-10-8-15/h3-6,15,18H,7-10H2,1-2H3,(H,19,22)(H,20,21). The van der Waals surface area contributed by atoms with Crippen molar-refractivity contribution in [2.24, 2.45) is 0 Å². The Morgan fingerprint density at radius 3 is 2.61 bits per heavy atom. The molecule has 0 bridgehead atoms. The number of carbonyl (C=O) groups is 1. The summed E-state index contributed by atoms with van der Waals surface area (Å²) in [7, 11) is 0. The van der Waals surface area contributed by atoms with Gasteiger partial charge in [0, 0.05) is 29.1 Å². The van der Waals surface area contributed by atoms with E-state index in [1.807, 2.05) is 24.3 Å². The fourth-order valence-corrected chi connectivity index (χ4v) is 3.69. The molecule has 23 heavy (non-hydrogen) atoms. The van der Waals surface area contributed by atoms with Gasteiger partial charge in [-0.1, -0.05) is 12.1 Å². The van der Waals surface area contributed by atoms with Gasteiger partial charge in [-0.05, 0) is 45.0 Å². The topological polar surface area (TPSA) is 66.0 Å². The number of hydrogen-bond acceptors (Lipinski definition) is 5. The van der Waals surface area contributed by atoms with Gasteiger partial charge in [-0.25, -0.2) is 4.98 Å². The van der Waals surface area contributed by atoms with Gasteiger partial charge in [0.2, 0.25) is 5.91 Å². The molecule has 1 aromatic heterocycles. The van der Waals surface area contributed by atoms with Crippen LogP contribution in [0.1, 0.15) is 24.6 Å². The number of anilines is 2. The molecule has 1 aromatic carbocycles. The SMILES string of the molecule is CC(=O)Nc1ccc(-c2nc(NC3CCNCC3)sc2C)cc1. The van der Waals surface area contributed by atoms with Gasteiger partial charge in [-0.3, -0.25) is 4.79 Å². The average Bonchev–Trinajstić information content (AvgIpc) is 2.89. The average molecular weight is 330 g/mol. The smallest absolute Gasteiger partial charge is 0.221 e. The predicted molar refractivity (Wildman–Crippen MR) is 96.1 cm³/mol. The summed E-state index contributed by atoms with van der Waals surface area (Å²) >= 11 is 1.71. The maximum absolute atomic E-state index is 11.1. The summed E-state index contributed by atoms with van der Waals surface area (Å²) < 4.78 is 0. The van der Waals surface area contributed by atoms with E-state index in [1.165, 1.54) is 11.8 Å². The van der Waals surface area contributed by atoms with Crippen LogP contribution in [0.25, 0.3) is 11.3 Å². The molecule has 0 radical (unpaired) electrons. The number of thiazole rings is 1. The van der Waals surface area contributed by atoms with Crippen LogP contribution in [0.2, 0.25) is 0 Å². The first kappa shape index (κ1) is 16.0. The summed E-state index contributed by atoms with van der Waals surface area (Å²) in [6.07, 6.45) is 2.28. The first-order valence-corrected chi connectivity index (χ1v) is 8.76. The third-order valence-corrected chi connectivity index (χ3v) is 4.84. The van der Waals surface area contributed by atoms with E-state index in [0.717, 1.165) is 48.0 Å². The minimum atomic E-state index is -0.0592. The Balaban J connectivity index is 1.73. The summed E-state index contributed by atoms with van der Waals surface area (Å²) in [4.78, 5) is 17.0. The predicted octanol–water partition coefficient (Wildman–Crippen LogP) is 3.24. The van der Waals surface area contributed by atoms with Gasteiger partial charge in [0.05, 0.1) is 5.69 Å². The minimum Gasteiger partial charge on any atom is -0.359 e. The summed E-state index contributed by atoms with van der Waals surface area (Å²) in [5, 5.41) is 10.7. The molecule has 0 saturated carbocycles. The third-order valence-electron chi connectivity index (χ3n) is 3.94. The van der Waals surface area contributed by atoms with Crippen LogP contribution < -0.4 is 16.0 Å². The highest BCUT2D eigenvalue weighted by atomic mass is 32.1. The van der Waals surface area contributed by atoms with E-state index >= 15 is 0 Å². The van der Waals surface area contributed by atoms with Crippen molar-refractivity contribution in [1.29, 1.82) is 0 Å². The Kier molecular flexibility index (Phi) is 4.93. The number of hydrogen-bond donors (Lipinski definition) is 3. The van der Waals surface area contributed by atoms with E-state index in [4.69, 9.17) is 4.98 Å².